The zero-order chi connectivity index (χ0) is 17.7. The van der Waals surface area contributed by atoms with Gasteiger partial charge in [0.2, 0.25) is 0 Å². The average Bonchev–Trinajstić information content (AvgIpc) is 2.55. The standard InChI is InChI=1S/C21H33NO2/c1-15(2)17-9-8-10-18(16(3)4)20(17)24-19(23)13-21(14-22)11-6-5-7-12-21/h8-10,15-16H,5-7,11-14,22H2,1-4H3. The van der Waals surface area contributed by atoms with Crippen molar-refractivity contribution in [3.63, 3.8) is 0 Å². The van der Waals surface area contributed by atoms with Gasteiger partial charge in [0.15, 0.2) is 0 Å². The molecule has 0 amide bonds. The van der Waals surface area contributed by atoms with Gasteiger partial charge in [-0.25, -0.2) is 0 Å². The molecule has 2 N–H and O–H groups in total. The van der Waals surface area contributed by atoms with Crippen molar-refractivity contribution in [2.45, 2.75) is 78.1 Å². The first kappa shape index (κ1) is 19.0. The highest BCUT2D eigenvalue weighted by Crippen LogP contribution is 2.40. The third kappa shape index (κ3) is 4.38. The molecule has 0 bridgehead atoms. The molecule has 1 saturated carbocycles. The molecule has 3 heteroatoms. The maximum absolute atomic E-state index is 12.7. The highest BCUT2D eigenvalue weighted by molar-refractivity contribution is 5.74. The fourth-order valence-electron chi connectivity index (χ4n) is 3.81. The molecule has 1 aromatic carbocycles. The van der Waals surface area contributed by atoms with Crippen molar-refractivity contribution in [2.24, 2.45) is 11.1 Å². The first-order valence-electron chi connectivity index (χ1n) is 9.42. The predicted molar refractivity (Wildman–Crippen MR) is 99.4 cm³/mol. The summed E-state index contributed by atoms with van der Waals surface area (Å²) >= 11 is 0. The van der Waals surface area contributed by atoms with Gasteiger partial charge in [-0.3, -0.25) is 4.79 Å². The molecule has 0 heterocycles. The summed E-state index contributed by atoms with van der Waals surface area (Å²) in [6.07, 6.45) is 6.12. The van der Waals surface area contributed by atoms with E-state index in [1.807, 2.05) is 0 Å². The summed E-state index contributed by atoms with van der Waals surface area (Å²) in [5.74, 6) is 1.29. The van der Waals surface area contributed by atoms with Crippen molar-refractivity contribution in [1.29, 1.82) is 0 Å². The number of esters is 1. The van der Waals surface area contributed by atoms with Crippen LogP contribution in [0.2, 0.25) is 0 Å². The van der Waals surface area contributed by atoms with Gasteiger partial charge in [-0.1, -0.05) is 65.2 Å². The third-order valence-corrected chi connectivity index (χ3v) is 5.40. The summed E-state index contributed by atoms with van der Waals surface area (Å²) in [6, 6.07) is 6.20. The van der Waals surface area contributed by atoms with E-state index >= 15 is 0 Å². The highest BCUT2D eigenvalue weighted by atomic mass is 16.5. The van der Waals surface area contributed by atoms with E-state index in [1.54, 1.807) is 0 Å². The molecule has 0 saturated heterocycles. The van der Waals surface area contributed by atoms with Crippen LogP contribution in [0.25, 0.3) is 0 Å². The predicted octanol–water partition coefficient (Wildman–Crippen LogP) is 5.14. The van der Waals surface area contributed by atoms with Gasteiger partial charge in [-0.05, 0) is 47.8 Å². The van der Waals surface area contributed by atoms with Crippen LogP contribution in [0.4, 0.5) is 0 Å². The number of nitrogens with two attached hydrogens (primary N) is 1. The molecule has 24 heavy (non-hydrogen) atoms. The van der Waals surface area contributed by atoms with E-state index in [1.165, 1.54) is 19.3 Å². The van der Waals surface area contributed by atoms with E-state index in [-0.39, 0.29) is 11.4 Å². The largest absolute Gasteiger partial charge is 0.426 e. The summed E-state index contributed by atoms with van der Waals surface area (Å²) in [6.45, 7) is 9.13. The minimum absolute atomic E-state index is 0.0555. The van der Waals surface area contributed by atoms with E-state index in [2.05, 4.69) is 45.9 Å². The van der Waals surface area contributed by atoms with Crippen LogP contribution in [-0.4, -0.2) is 12.5 Å². The molecular weight excluding hydrogens is 298 g/mol. The summed E-state index contributed by atoms with van der Waals surface area (Å²) in [5, 5.41) is 0. The Morgan fingerprint density at radius 2 is 1.62 bits per heavy atom. The minimum atomic E-state index is -0.127. The van der Waals surface area contributed by atoms with Gasteiger partial charge in [-0.2, -0.15) is 0 Å². The zero-order valence-corrected chi connectivity index (χ0v) is 15.7. The molecule has 0 aliphatic heterocycles. The molecule has 0 atom stereocenters. The van der Waals surface area contributed by atoms with Gasteiger partial charge in [-0.15, -0.1) is 0 Å². The summed E-state index contributed by atoms with van der Waals surface area (Å²) in [7, 11) is 0. The zero-order valence-electron chi connectivity index (χ0n) is 15.7. The first-order chi connectivity index (χ1) is 11.4. The molecule has 0 spiro atoms. The second-order valence-electron chi connectivity index (χ2n) is 7.99. The van der Waals surface area contributed by atoms with Gasteiger partial charge >= 0.3 is 5.97 Å². The van der Waals surface area contributed by atoms with Gasteiger partial charge < -0.3 is 10.5 Å². The number of hydrogen-bond acceptors (Lipinski definition) is 3. The van der Waals surface area contributed by atoms with Gasteiger partial charge in [0, 0.05) is 0 Å². The van der Waals surface area contributed by atoms with Crippen LogP contribution in [0.3, 0.4) is 0 Å². The van der Waals surface area contributed by atoms with Crippen LogP contribution < -0.4 is 10.5 Å². The van der Waals surface area contributed by atoms with E-state index in [4.69, 9.17) is 10.5 Å². The van der Waals surface area contributed by atoms with E-state index < -0.39 is 0 Å². The molecule has 0 unspecified atom stereocenters. The van der Waals surface area contributed by atoms with E-state index in [9.17, 15) is 4.79 Å². The van der Waals surface area contributed by atoms with E-state index in [0.29, 0.717) is 24.8 Å². The maximum Gasteiger partial charge on any atom is 0.311 e. The van der Waals surface area contributed by atoms with Crippen molar-refractivity contribution in [1.82, 2.24) is 0 Å². The third-order valence-electron chi connectivity index (χ3n) is 5.40. The fraction of sp³-hybridized carbons (Fsp3) is 0.667. The quantitative estimate of drug-likeness (QED) is 0.580. The van der Waals surface area contributed by atoms with Crippen molar-refractivity contribution >= 4 is 5.97 Å². The monoisotopic (exact) mass is 331 g/mol. The minimum Gasteiger partial charge on any atom is -0.426 e. The van der Waals surface area contributed by atoms with Crippen LogP contribution >= 0.6 is 0 Å². The fourth-order valence-corrected chi connectivity index (χ4v) is 3.81. The summed E-state index contributed by atoms with van der Waals surface area (Å²) in [5.41, 5.74) is 8.20. The first-order valence-corrected chi connectivity index (χ1v) is 9.42. The highest BCUT2D eigenvalue weighted by Gasteiger charge is 2.34. The lowest BCUT2D eigenvalue weighted by Crippen LogP contribution is -2.36. The molecule has 1 aliphatic rings. The molecule has 134 valence electrons. The van der Waals surface area contributed by atoms with Crippen molar-refractivity contribution < 1.29 is 9.53 Å². The molecule has 2 rings (SSSR count). The number of benzene rings is 1. The molecule has 0 aromatic heterocycles. The molecule has 1 aliphatic carbocycles. The topological polar surface area (TPSA) is 52.3 Å². The Morgan fingerprint density at radius 3 is 2.08 bits per heavy atom. The average molecular weight is 332 g/mol. The number of ether oxygens (including phenoxy) is 1. The second-order valence-corrected chi connectivity index (χ2v) is 7.99. The van der Waals surface area contributed by atoms with Crippen molar-refractivity contribution in [2.75, 3.05) is 6.54 Å². The summed E-state index contributed by atoms with van der Waals surface area (Å²) < 4.78 is 5.93. The Labute approximate surface area is 147 Å². The van der Waals surface area contributed by atoms with Crippen molar-refractivity contribution in [3.05, 3.63) is 29.3 Å². The van der Waals surface area contributed by atoms with E-state index in [0.717, 1.165) is 29.7 Å². The molecule has 3 nitrogen and oxygen atoms in total. The van der Waals surface area contributed by atoms with Crippen LogP contribution in [-0.2, 0) is 4.79 Å². The summed E-state index contributed by atoms with van der Waals surface area (Å²) in [4.78, 5) is 12.7. The lowest BCUT2D eigenvalue weighted by Gasteiger charge is -2.35. The normalized spacial score (nSPS) is 17.3. The van der Waals surface area contributed by atoms with Crippen LogP contribution in [0, 0.1) is 5.41 Å². The maximum atomic E-state index is 12.7. The molecule has 1 aromatic rings. The lowest BCUT2D eigenvalue weighted by molar-refractivity contribution is -0.137. The molecule has 1 fully saturated rings. The molecule has 0 radical (unpaired) electrons. The van der Waals surface area contributed by atoms with Crippen LogP contribution in [0.15, 0.2) is 18.2 Å². The number of para-hydroxylation sites is 1. The Kier molecular flexibility index (Phi) is 6.45. The van der Waals surface area contributed by atoms with Crippen LogP contribution in [0.5, 0.6) is 5.75 Å². The van der Waals surface area contributed by atoms with Gasteiger partial charge in [0.25, 0.3) is 0 Å². The Morgan fingerprint density at radius 1 is 1.08 bits per heavy atom. The number of rotatable bonds is 6. The van der Waals surface area contributed by atoms with Gasteiger partial charge in [0.1, 0.15) is 5.75 Å². The van der Waals surface area contributed by atoms with Gasteiger partial charge in [0.05, 0.1) is 6.42 Å². The Bertz CT molecular complexity index is 531. The van der Waals surface area contributed by atoms with Crippen LogP contribution in [0.1, 0.15) is 89.2 Å². The van der Waals surface area contributed by atoms with Crippen molar-refractivity contribution in [3.8, 4) is 5.75 Å². The Hall–Kier alpha value is -1.35. The number of carbonyl (C=O) groups is 1. The molecular formula is C21H33NO2. The number of carbonyl (C=O) groups excluding carboxylic acids is 1. The SMILES string of the molecule is CC(C)c1cccc(C(C)C)c1OC(=O)CC1(CN)CCCCC1. The lowest BCUT2D eigenvalue weighted by atomic mass is 9.72. The second kappa shape index (κ2) is 8.15. The Balaban J connectivity index is 2.21. The number of hydrogen-bond donors (Lipinski definition) is 1. The smallest absolute Gasteiger partial charge is 0.311 e.